The SMILES string of the molecule is Cc1ccc(S(=O)(=O)Nc2cccc(C(=O)NC3CCC(C)CC3)c2)cc1F. The van der Waals surface area contributed by atoms with Crippen molar-refractivity contribution in [2.45, 2.75) is 50.5 Å². The number of hydrogen-bond acceptors (Lipinski definition) is 3. The summed E-state index contributed by atoms with van der Waals surface area (Å²) in [5.41, 5.74) is 1.01. The van der Waals surface area contributed by atoms with Gasteiger partial charge < -0.3 is 5.32 Å². The molecule has 1 aliphatic rings. The molecule has 1 saturated carbocycles. The van der Waals surface area contributed by atoms with Gasteiger partial charge in [0, 0.05) is 17.3 Å². The van der Waals surface area contributed by atoms with E-state index in [0.717, 1.165) is 31.7 Å². The van der Waals surface area contributed by atoms with Crippen LogP contribution >= 0.6 is 0 Å². The molecule has 0 aromatic heterocycles. The Morgan fingerprint density at radius 1 is 1.07 bits per heavy atom. The highest BCUT2D eigenvalue weighted by Crippen LogP contribution is 2.24. The molecule has 2 aromatic rings. The standard InChI is InChI=1S/C21H25FN2O3S/c1-14-6-9-17(10-7-14)23-21(25)16-4-3-5-18(12-16)24-28(26,27)19-11-8-15(2)20(22)13-19/h3-5,8,11-14,17,24H,6-7,9-10H2,1-2H3,(H,23,25). The van der Waals surface area contributed by atoms with Gasteiger partial charge in [-0.1, -0.05) is 19.1 Å². The van der Waals surface area contributed by atoms with Crippen LogP contribution in [0.15, 0.2) is 47.4 Å². The molecule has 1 amide bonds. The van der Waals surface area contributed by atoms with E-state index in [1.165, 1.54) is 18.2 Å². The third kappa shape index (κ3) is 4.90. The maximum absolute atomic E-state index is 13.7. The molecule has 0 unspecified atom stereocenters. The molecule has 0 aliphatic heterocycles. The minimum atomic E-state index is -3.95. The number of carbonyl (C=O) groups excluding carboxylic acids is 1. The molecule has 3 rings (SSSR count). The summed E-state index contributed by atoms with van der Waals surface area (Å²) in [6.07, 6.45) is 4.10. The minimum absolute atomic E-state index is 0.152. The smallest absolute Gasteiger partial charge is 0.261 e. The van der Waals surface area contributed by atoms with Crippen molar-refractivity contribution in [1.82, 2.24) is 5.32 Å². The van der Waals surface area contributed by atoms with Gasteiger partial charge in [0.15, 0.2) is 0 Å². The molecule has 28 heavy (non-hydrogen) atoms. The fourth-order valence-corrected chi connectivity index (χ4v) is 4.41. The highest BCUT2D eigenvalue weighted by Gasteiger charge is 2.21. The highest BCUT2D eigenvalue weighted by molar-refractivity contribution is 7.92. The molecule has 2 aromatic carbocycles. The lowest BCUT2D eigenvalue weighted by atomic mass is 9.87. The lowest BCUT2D eigenvalue weighted by Gasteiger charge is -2.27. The molecule has 1 aliphatic carbocycles. The van der Waals surface area contributed by atoms with Crippen LogP contribution in [0.5, 0.6) is 0 Å². The molecule has 5 nitrogen and oxygen atoms in total. The van der Waals surface area contributed by atoms with Crippen molar-refractivity contribution in [1.29, 1.82) is 0 Å². The molecular weight excluding hydrogens is 379 g/mol. The molecule has 0 atom stereocenters. The summed E-state index contributed by atoms with van der Waals surface area (Å²) in [6, 6.07) is 10.2. The average Bonchev–Trinajstić information content (AvgIpc) is 2.65. The van der Waals surface area contributed by atoms with Crippen molar-refractivity contribution >= 4 is 21.6 Å². The Kier molecular flexibility index (Phi) is 6.03. The van der Waals surface area contributed by atoms with Gasteiger partial charge in [0.2, 0.25) is 0 Å². The van der Waals surface area contributed by atoms with Crippen LogP contribution < -0.4 is 10.0 Å². The quantitative estimate of drug-likeness (QED) is 0.783. The Morgan fingerprint density at radius 2 is 1.79 bits per heavy atom. The molecule has 2 N–H and O–H groups in total. The van der Waals surface area contributed by atoms with Crippen LogP contribution in [0.1, 0.15) is 48.5 Å². The summed E-state index contributed by atoms with van der Waals surface area (Å²) in [5.74, 6) is -0.114. The van der Waals surface area contributed by atoms with Crippen LogP contribution in [0.4, 0.5) is 10.1 Å². The fourth-order valence-electron chi connectivity index (χ4n) is 3.35. The van der Waals surface area contributed by atoms with E-state index in [2.05, 4.69) is 17.0 Å². The Hall–Kier alpha value is -2.41. The van der Waals surface area contributed by atoms with E-state index in [0.29, 0.717) is 17.0 Å². The molecule has 7 heteroatoms. The van der Waals surface area contributed by atoms with E-state index in [-0.39, 0.29) is 22.5 Å². The van der Waals surface area contributed by atoms with Gasteiger partial charge in [-0.3, -0.25) is 9.52 Å². The van der Waals surface area contributed by atoms with Gasteiger partial charge in [-0.15, -0.1) is 0 Å². The second-order valence-electron chi connectivity index (χ2n) is 7.53. The van der Waals surface area contributed by atoms with Crippen LogP contribution in [0.3, 0.4) is 0 Å². The van der Waals surface area contributed by atoms with Crippen LogP contribution in [0, 0.1) is 18.7 Å². The van der Waals surface area contributed by atoms with E-state index in [1.807, 2.05) is 0 Å². The second kappa shape index (κ2) is 8.31. The van der Waals surface area contributed by atoms with E-state index in [9.17, 15) is 17.6 Å². The van der Waals surface area contributed by atoms with E-state index in [1.54, 1.807) is 25.1 Å². The average molecular weight is 405 g/mol. The number of amides is 1. The number of carbonyl (C=O) groups is 1. The van der Waals surface area contributed by atoms with Gasteiger partial charge >= 0.3 is 0 Å². The number of rotatable bonds is 5. The number of sulfonamides is 1. The van der Waals surface area contributed by atoms with Crippen molar-refractivity contribution < 1.29 is 17.6 Å². The van der Waals surface area contributed by atoms with Crippen LogP contribution in [0.2, 0.25) is 0 Å². The molecule has 0 spiro atoms. The molecule has 150 valence electrons. The first-order valence-corrected chi connectivity index (χ1v) is 10.9. The Balaban J connectivity index is 1.72. The molecule has 0 saturated heterocycles. The van der Waals surface area contributed by atoms with Crippen molar-refractivity contribution in [2.75, 3.05) is 4.72 Å². The van der Waals surface area contributed by atoms with Gasteiger partial charge in [0.25, 0.3) is 15.9 Å². The number of nitrogens with one attached hydrogen (secondary N) is 2. The molecular formula is C21H25FN2O3S. The number of anilines is 1. The monoisotopic (exact) mass is 404 g/mol. The van der Waals surface area contributed by atoms with Gasteiger partial charge in [0.1, 0.15) is 5.82 Å². The summed E-state index contributed by atoms with van der Waals surface area (Å²) in [7, 11) is -3.95. The summed E-state index contributed by atoms with van der Waals surface area (Å²) in [6.45, 7) is 3.78. The zero-order chi connectivity index (χ0) is 20.3. The summed E-state index contributed by atoms with van der Waals surface area (Å²) in [4.78, 5) is 12.4. The summed E-state index contributed by atoms with van der Waals surface area (Å²) >= 11 is 0. The Labute approximate surface area is 165 Å². The Morgan fingerprint density at radius 3 is 2.46 bits per heavy atom. The van der Waals surface area contributed by atoms with Gasteiger partial charge in [-0.25, -0.2) is 12.8 Å². The fraction of sp³-hybridized carbons (Fsp3) is 0.381. The first-order chi connectivity index (χ1) is 13.2. The predicted octanol–water partition coefficient (Wildman–Crippen LogP) is 4.24. The first-order valence-electron chi connectivity index (χ1n) is 9.44. The Bertz CT molecular complexity index is 967. The molecule has 0 heterocycles. The first kappa shape index (κ1) is 20.3. The summed E-state index contributed by atoms with van der Waals surface area (Å²) in [5, 5.41) is 3.03. The zero-order valence-electron chi connectivity index (χ0n) is 16.0. The van der Waals surface area contributed by atoms with Gasteiger partial charge in [0.05, 0.1) is 4.90 Å². The van der Waals surface area contributed by atoms with Gasteiger partial charge in [-0.05, 0) is 74.4 Å². The van der Waals surface area contributed by atoms with Gasteiger partial charge in [-0.2, -0.15) is 0 Å². The second-order valence-corrected chi connectivity index (χ2v) is 9.21. The number of aryl methyl sites for hydroxylation is 1. The van der Waals surface area contributed by atoms with E-state index in [4.69, 9.17) is 0 Å². The van der Waals surface area contributed by atoms with Crippen LogP contribution in [-0.4, -0.2) is 20.4 Å². The van der Waals surface area contributed by atoms with Crippen molar-refractivity contribution in [3.05, 3.63) is 59.4 Å². The van der Waals surface area contributed by atoms with Crippen molar-refractivity contribution in [3.8, 4) is 0 Å². The lowest BCUT2D eigenvalue weighted by Crippen LogP contribution is -2.37. The van der Waals surface area contributed by atoms with Crippen molar-refractivity contribution in [3.63, 3.8) is 0 Å². The topological polar surface area (TPSA) is 75.3 Å². The van der Waals surface area contributed by atoms with E-state index < -0.39 is 15.8 Å². The normalized spacial score (nSPS) is 19.8. The highest BCUT2D eigenvalue weighted by atomic mass is 32.2. The maximum Gasteiger partial charge on any atom is 0.261 e. The number of hydrogen-bond donors (Lipinski definition) is 2. The molecule has 0 radical (unpaired) electrons. The third-order valence-corrected chi connectivity index (χ3v) is 6.56. The van der Waals surface area contributed by atoms with Crippen LogP contribution in [0.25, 0.3) is 0 Å². The number of halogens is 1. The van der Waals surface area contributed by atoms with E-state index >= 15 is 0 Å². The van der Waals surface area contributed by atoms with Crippen molar-refractivity contribution in [2.24, 2.45) is 5.92 Å². The minimum Gasteiger partial charge on any atom is -0.349 e. The third-order valence-electron chi connectivity index (χ3n) is 5.18. The lowest BCUT2D eigenvalue weighted by molar-refractivity contribution is 0.0923. The van der Waals surface area contributed by atoms with Crippen LogP contribution in [-0.2, 0) is 10.0 Å². The summed E-state index contributed by atoms with van der Waals surface area (Å²) < 4.78 is 41.2. The molecule has 1 fully saturated rings. The number of benzene rings is 2. The largest absolute Gasteiger partial charge is 0.349 e. The maximum atomic E-state index is 13.7. The molecule has 0 bridgehead atoms. The predicted molar refractivity (Wildman–Crippen MR) is 107 cm³/mol. The zero-order valence-corrected chi connectivity index (χ0v) is 16.9.